The number of rotatable bonds is 3. The van der Waals surface area contributed by atoms with E-state index < -0.39 is 5.95 Å². The number of likely N-dealkylation sites (tertiary alicyclic amines) is 1. The fourth-order valence-corrected chi connectivity index (χ4v) is 2.37. The Labute approximate surface area is 94.7 Å². The topological polar surface area (TPSA) is 28.2 Å². The second-order valence-corrected chi connectivity index (χ2v) is 4.73. The number of anilines is 1. The third-order valence-electron chi connectivity index (χ3n) is 3.38. The third-order valence-corrected chi connectivity index (χ3v) is 3.38. The van der Waals surface area contributed by atoms with Crippen LogP contribution >= 0.6 is 0 Å². The van der Waals surface area contributed by atoms with Crippen LogP contribution in [0.5, 0.6) is 0 Å². The first kappa shape index (κ1) is 10.0. The summed E-state index contributed by atoms with van der Waals surface area (Å²) in [5.74, 6) is -0.420. The molecule has 1 saturated heterocycles. The van der Waals surface area contributed by atoms with Crippen LogP contribution in [0.15, 0.2) is 18.3 Å². The second-order valence-electron chi connectivity index (χ2n) is 4.73. The van der Waals surface area contributed by atoms with Crippen LogP contribution in [0.25, 0.3) is 0 Å². The van der Waals surface area contributed by atoms with Gasteiger partial charge in [0.2, 0.25) is 5.95 Å². The lowest BCUT2D eigenvalue weighted by atomic mass is 10.2. The van der Waals surface area contributed by atoms with Gasteiger partial charge in [-0.2, -0.15) is 4.39 Å². The molecule has 0 spiro atoms. The summed E-state index contributed by atoms with van der Waals surface area (Å²) in [5.41, 5.74) is 0.920. The van der Waals surface area contributed by atoms with Crippen molar-refractivity contribution in [2.24, 2.45) is 0 Å². The van der Waals surface area contributed by atoms with Crippen molar-refractivity contribution in [2.45, 2.75) is 31.3 Å². The first-order valence-corrected chi connectivity index (χ1v) is 5.93. The maximum Gasteiger partial charge on any atom is 0.212 e. The van der Waals surface area contributed by atoms with E-state index in [0.717, 1.165) is 18.3 Å². The van der Waals surface area contributed by atoms with E-state index in [-0.39, 0.29) is 0 Å². The molecule has 1 aromatic heterocycles. The Balaban J connectivity index is 1.57. The molecule has 1 atom stereocenters. The lowest BCUT2D eigenvalue weighted by Crippen LogP contribution is -2.27. The smallest absolute Gasteiger partial charge is 0.212 e. The average molecular weight is 221 g/mol. The van der Waals surface area contributed by atoms with E-state index in [9.17, 15) is 4.39 Å². The van der Waals surface area contributed by atoms with E-state index in [2.05, 4.69) is 15.2 Å². The predicted molar refractivity (Wildman–Crippen MR) is 60.8 cm³/mol. The Morgan fingerprint density at radius 2 is 2.19 bits per heavy atom. The molecule has 0 aromatic carbocycles. The largest absolute Gasteiger partial charge is 0.380 e. The fraction of sp³-hybridized carbons (Fsp3) is 0.583. The zero-order chi connectivity index (χ0) is 11.0. The molecule has 1 aliphatic heterocycles. The van der Waals surface area contributed by atoms with Gasteiger partial charge in [-0.05, 0) is 31.4 Å². The predicted octanol–water partition coefficient (Wildman–Crippen LogP) is 1.87. The monoisotopic (exact) mass is 221 g/mol. The number of aromatic nitrogens is 1. The van der Waals surface area contributed by atoms with Crippen molar-refractivity contribution >= 4 is 5.69 Å². The summed E-state index contributed by atoms with van der Waals surface area (Å²) in [7, 11) is 0. The Hall–Kier alpha value is -1.16. The zero-order valence-electron chi connectivity index (χ0n) is 9.19. The molecule has 2 aliphatic rings. The van der Waals surface area contributed by atoms with E-state index >= 15 is 0 Å². The Morgan fingerprint density at radius 1 is 1.31 bits per heavy atom. The van der Waals surface area contributed by atoms with E-state index in [4.69, 9.17) is 0 Å². The molecule has 1 unspecified atom stereocenters. The molecule has 2 fully saturated rings. The lowest BCUT2D eigenvalue weighted by molar-refractivity contribution is 0.326. The number of halogens is 1. The summed E-state index contributed by atoms with van der Waals surface area (Å²) < 4.78 is 12.6. The van der Waals surface area contributed by atoms with Gasteiger partial charge in [0.25, 0.3) is 0 Å². The number of hydrogen-bond acceptors (Lipinski definition) is 3. The number of nitrogens with one attached hydrogen (secondary N) is 1. The molecule has 4 heteroatoms. The molecule has 1 N–H and O–H groups in total. The van der Waals surface area contributed by atoms with Crippen molar-refractivity contribution in [1.82, 2.24) is 9.88 Å². The van der Waals surface area contributed by atoms with Crippen molar-refractivity contribution in [3.63, 3.8) is 0 Å². The van der Waals surface area contributed by atoms with Crippen LogP contribution < -0.4 is 5.32 Å². The van der Waals surface area contributed by atoms with Gasteiger partial charge in [0.15, 0.2) is 0 Å². The van der Waals surface area contributed by atoms with Gasteiger partial charge >= 0.3 is 0 Å². The van der Waals surface area contributed by atoms with E-state index in [1.54, 1.807) is 12.3 Å². The normalized spacial score (nSPS) is 25.9. The summed E-state index contributed by atoms with van der Waals surface area (Å²) in [6, 6.07) is 4.49. The molecule has 1 aromatic rings. The van der Waals surface area contributed by atoms with Gasteiger partial charge in [-0.15, -0.1) is 0 Å². The zero-order valence-corrected chi connectivity index (χ0v) is 9.19. The van der Waals surface area contributed by atoms with Gasteiger partial charge in [0, 0.05) is 25.2 Å². The highest BCUT2D eigenvalue weighted by atomic mass is 19.1. The first-order valence-electron chi connectivity index (χ1n) is 5.93. The molecular weight excluding hydrogens is 205 g/mol. The minimum absolute atomic E-state index is 0.420. The summed E-state index contributed by atoms with van der Waals surface area (Å²) in [6.45, 7) is 2.30. The van der Waals surface area contributed by atoms with E-state index in [1.165, 1.54) is 31.9 Å². The molecule has 86 valence electrons. The van der Waals surface area contributed by atoms with Crippen LogP contribution in [0.3, 0.4) is 0 Å². The fourth-order valence-electron chi connectivity index (χ4n) is 2.37. The summed E-state index contributed by atoms with van der Waals surface area (Å²) in [5, 5.41) is 3.41. The Bertz CT molecular complexity index is 361. The molecule has 3 nitrogen and oxygen atoms in total. The standard InChI is InChI=1S/C12H16FN3/c13-12-4-1-9(7-14-12)15-10-5-6-16(8-10)11-2-3-11/h1,4,7,10-11,15H,2-3,5-6,8H2. The van der Waals surface area contributed by atoms with Crippen LogP contribution in [0.4, 0.5) is 10.1 Å². The summed E-state index contributed by atoms with van der Waals surface area (Å²) in [4.78, 5) is 6.20. The maximum absolute atomic E-state index is 12.6. The number of hydrogen-bond donors (Lipinski definition) is 1. The lowest BCUT2D eigenvalue weighted by Gasteiger charge is -2.16. The Morgan fingerprint density at radius 3 is 2.88 bits per heavy atom. The first-order chi connectivity index (χ1) is 7.81. The molecular formula is C12H16FN3. The van der Waals surface area contributed by atoms with Gasteiger partial charge in [-0.3, -0.25) is 4.90 Å². The van der Waals surface area contributed by atoms with Crippen LogP contribution in [0.1, 0.15) is 19.3 Å². The van der Waals surface area contributed by atoms with Crippen molar-refractivity contribution in [3.8, 4) is 0 Å². The van der Waals surface area contributed by atoms with Crippen LogP contribution in [0, 0.1) is 5.95 Å². The second kappa shape index (κ2) is 4.01. The molecule has 3 rings (SSSR count). The molecule has 2 heterocycles. The summed E-state index contributed by atoms with van der Waals surface area (Å²) in [6.07, 6.45) is 5.47. The minimum Gasteiger partial charge on any atom is -0.380 e. The SMILES string of the molecule is Fc1ccc(NC2CCN(C3CC3)C2)cn1. The van der Waals surface area contributed by atoms with Crippen LogP contribution in [-0.2, 0) is 0 Å². The van der Waals surface area contributed by atoms with Gasteiger partial charge in [-0.1, -0.05) is 0 Å². The molecule has 1 aliphatic carbocycles. The quantitative estimate of drug-likeness (QED) is 0.790. The van der Waals surface area contributed by atoms with Gasteiger partial charge < -0.3 is 5.32 Å². The van der Waals surface area contributed by atoms with Gasteiger partial charge in [-0.25, -0.2) is 4.98 Å². The van der Waals surface area contributed by atoms with Crippen molar-refractivity contribution < 1.29 is 4.39 Å². The van der Waals surface area contributed by atoms with Crippen molar-refractivity contribution in [1.29, 1.82) is 0 Å². The van der Waals surface area contributed by atoms with Crippen LogP contribution in [-0.4, -0.2) is 35.1 Å². The third kappa shape index (κ3) is 2.16. The maximum atomic E-state index is 12.6. The molecule has 0 amide bonds. The Kier molecular flexibility index (Phi) is 2.52. The van der Waals surface area contributed by atoms with E-state index in [1.807, 2.05) is 0 Å². The van der Waals surface area contributed by atoms with Gasteiger partial charge in [0.1, 0.15) is 0 Å². The van der Waals surface area contributed by atoms with Crippen LogP contribution in [0.2, 0.25) is 0 Å². The average Bonchev–Trinajstić information content (AvgIpc) is 3.04. The highest BCUT2D eigenvalue weighted by molar-refractivity contribution is 5.41. The summed E-state index contributed by atoms with van der Waals surface area (Å²) >= 11 is 0. The van der Waals surface area contributed by atoms with E-state index in [0.29, 0.717) is 6.04 Å². The highest BCUT2D eigenvalue weighted by Crippen LogP contribution is 2.30. The minimum atomic E-state index is -0.420. The molecule has 16 heavy (non-hydrogen) atoms. The molecule has 0 bridgehead atoms. The van der Waals surface area contributed by atoms with Gasteiger partial charge in [0.05, 0.1) is 11.9 Å². The molecule has 1 saturated carbocycles. The highest BCUT2D eigenvalue weighted by Gasteiger charge is 2.34. The molecule has 0 radical (unpaired) electrons. The number of nitrogens with zero attached hydrogens (tertiary/aromatic N) is 2. The van der Waals surface area contributed by atoms with Crippen molar-refractivity contribution in [3.05, 3.63) is 24.3 Å². The van der Waals surface area contributed by atoms with Crippen molar-refractivity contribution in [2.75, 3.05) is 18.4 Å². The number of pyridine rings is 1.